The van der Waals surface area contributed by atoms with E-state index in [1.807, 2.05) is 29.2 Å². The molecule has 0 spiro atoms. The number of thiocarbonyl (C=S) groups is 1. The molecular weight excluding hydrogens is 332 g/mol. The van der Waals surface area contributed by atoms with Gasteiger partial charge < -0.3 is 19.1 Å². The molecule has 0 saturated carbocycles. The van der Waals surface area contributed by atoms with E-state index in [1.54, 1.807) is 12.5 Å². The first-order valence-corrected chi connectivity index (χ1v) is 8.73. The lowest BCUT2D eigenvalue weighted by molar-refractivity contribution is 0.329. The van der Waals surface area contributed by atoms with E-state index in [4.69, 9.17) is 21.1 Å². The number of furan rings is 2. The van der Waals surface area contributed by atoms with Crippen LogP contribution in [0, 0.1) is 0 Å². The Labute approximate surface area is 153 Å². The Morgan fingerprint density at radius 3 is 1.96 bits per heavy atom. The van der Waals surface area contributed by atoms with Crippen molar-refractivity contribution in [2.45, 2.75) is 32.9 Å². The van der Waals surface area contributed by atoms with E-state index in [0.29, 0.717) is 24.1 Å². The number of hydrogen-bond acceptors (Lipinski definition) is 3. The van der Waals surface area contributed by atoms with Gasteiger partial charge in [-0.25, -0.2) is 0 Å². The van der Waals surface area contributed by atoms with Gasteiger partial charge in [0.15, 0.2) is 5.11 Å². The molecule has 130 valence electrons. The van der Waals surface area contributed by atoms with E-state index >= 15 is 0 Å². The van der Waals surface area contributed by atoms with Gasteiger partial charge in [-0.3, -0.25) is 0 Å². The van der Waals surface area contributed by atoms with Crippen molar-refractivity contribution in [3.8, 4) is 0 Å². The lowest BCUT2D eigenvalue weighted by Gasteiger charge is -2.24. The van der Waals surface area contributed by atoms with Crippen molar-refractivity contribution in [3.05, 3.63) is 78.1 Å². The predicted octanol–water partition coefficient (Wildman–Crippen LogP) is 5.40. The highest BCUT2D eigenvalue weighted by molar-refractivity contribution is 7.80. The second-order valence-electron chi connectivity index (χ2n) is 6.22. The maximum Gasteiger partial charge on any atom is 0.174 e. The summed E-state index contributed by atoms with van der Waals surface area (Å²) in [5.74, 6) is 2.21. The second kappa shape index (κ2) is 8.03. The number of nitrogens with one attached hydrogen (secondary N) is 1. The molecule has 0 aliphatic carbocycles. The van der Waals surface area contributed by atoms with E-state index < -0.39 is 0 Å². The Balaban J connectivity index is 1.71. The van der Waals surface area contributed by atoms with Crippen molar-refractivity contribution in [1.82, 2.24) is 4.90 Å². The lowest BCUT2D eigenvalue weighted by atomic mass is 10.0. The van der Waals surface area contributed by atoms with E-state index in [2.05, 4.69) is 43.4 Å². The Hall–Kier alpha value is -2.53. The number of benzene rings is 1. The maximum absolute atomic E-state index is 5.62. The summed E-state index contributed by atoms with van der Waals surface area (Å²) in [5, 5.41) is 3.94. The van der Waals surface area contributed by atoms with Gasteiger partial charge in [-0.2, -0.15) is 0 Å². The zero-order chi connectivity index (χ0) is 17.6. The summed E-state index contributed by atoms with van der Waals surface area (Å²) in [6.07, 6.45) is 3.34. The second-order valence-corrected chi connectivity index (χ2v) is 6.61. The third-order valence-electron chi connectivity index (χ3n) is 3.97. The molecule has 2 aromatic heterocycles. The SMILES string of the molecule is CC(C)c1ccc(NC(=S)N(Cc2ccco2)Cc2ccco2)cc1. The quantitative estimate of drug-likeness (QED) is 0.601. The fourth-order valence-corrected chi connectivity index (χ4v) is 2.78. The molecule has 0 bridgehead atoms. The molecule has 1 N–H and O–H groups in total. The molecule has 3 rings (SSSR count). The largest absolute Gasteiger partial charge is 0.467 e. The van der Waals surface area contributed by atoms with Crippen LogP contribution >= 0.6 is 12.2 Å². The smallest absolute Gasteiger partial charge is 0.174 e. The van der Waals surface area contributed by atoms with Crippen LogP contribution in [-0.4, -0.2) is 10.0 Å². The lowest BCUT2D eigenvalue weighted by Crippen LogP contribution is -2.33. The highest BCUT2D eigenvalue weighted by Crippen LogP contribution is 2.18. The summed E-state index contributed by atoms with van der Waals surface area (Å²) in [7, 11) is 0. The molecule has 5 heteroatoms. The number of rotatable bonds is 6. The fraction of sp³-hybridized carbons (Fsp3) is 0.250. The Morgan fingerprint density at radius 2 is 1.52 bits per heavy atom. The molecule has 4 nitrogen and oxygen atoms in total. The van der Waals surface area contributed by atoms with Gasteiger partial charge in [0.1, 0.15) is 11.5 Å². The van der Waals surface area contributed by atoms with Crippen LogP contribution in [0.3, 0.4) is 0 Å². The summed E-state index contributed by atoms with van der Waals surface area (Å²) in [5.41, 5.74) is 2.28. The Bertz CT molecular complexity index is 741. The van der Waals surface area contributed by atoms with Gasteiger partial charge in [0.05, 0.1) is 25.6 Å². The van der Waals surface area contributed by atoms with Crippen LogP contribution in [0.1, 0.15) is 36.8 Å². The average Bonchev–Trinajstić information content (AvgIpc) is 3.28. The maximum atomic E-state index is 5.62. The van der Waals surface area contributed by atoms with Crippen molar-refractivity contribution >= 4 is 23.0 Å². The Kier molecular flexibility index (Phi) is 5.56. The topological polar surface area (TPSA) is 41.5 Å². The fourth-order valence-electron chi connectivity index (χ4n) is 2.53. The van der Waals surface area contributed by atoms with Crippen LogP contribution in [0.15, 0.2) is 69.9 Å². The normalized spacial score (nSPS) is 10.8. The summed E-state index contributed by atoms with van der Waals surface area (Å²) in [6.45, 7) is 5.51. The molecule has 3 aromatic rings. The third kappa shape index (κ3) is 4.73. The summed E-state index contributed by atoms with van der Waals surface area (Å²) in [6, 6.07) is 16.0. The third-order valence-corrected chi connectivity index (χ3v) is 4.33. The van der Waals surface area contributed by atoms with Crippen molar-refractivity contribution in [1.29, 1.82) is 0 Å². The van der Waals surface area contributed by atoms with Crippen molar-refractivity contribution in [3.63, 3.8) is 0 Å². The molecule has 0 amide bonds. The first-order chi connectivity index (χ1) is 12.1. The van der Waals surface area contributed by atoms with Crippen molar-refractivity contribution < 1.29 is 8.83 Å². The van der Waals surface area contributed by atoms with Crippen LogP contribution in [0.5, 0.6) is 0 Å². The van der Waals surface area contributed by atoms with Crippen LogP contribution in [0.25, 0.3) is 0 Å². The van der Waals surface area contributed by atoms with Crippen molar-refractivity contribution in [2.24, 2.45) is 0 Å². The van der Waals surface area contributed by atoms with E-state index in [-0.39, 0.29) is 0 Å². The van der Waals surface area contributed by atoms with Crippen LogP contribution in [-0.2, 0) is 13.1 Å². The summed E-state index contributed by atoms with van der Waals surface area (Å²) < 4.78 is 10.9. The van der Waals surface area contributed by atoms with Gasteiger partial charge in [-0.1, -0.05) is 26.0 Å². The minimum absolute atomic E-state index is 0.510. The van der Waals surface area contributed by atoms with Gasteiger partial charge in [-0.05, 0) is 60.1 Å². The molecule has 0 aliphatic rings. The highest BCUT2D eigenvalue weighted by atomic mass is 32.1. The van der Waals surface area contributed by atoms with Gasteiger partial charge >= 0.3 is 0 Å². The minimum Gasteiger partial charge on any atom is -0.467 e. The average molecular weight is 354 g/mol. The summed E-state index contributed by atoms with van der Waals surface area (Å²) >= 11 is 5.62. The zero-order valence-corrected chi connectivity index (χ0v) is 15.3. The van der Waals surface area contributed by atoms with E-state index in [0.717, 1.165) is 17.2 Å². The zero-order valence-electron chi connectivity index (χ0n) is 14.4. The molecule has 0 aliphatic heterocycles. The molecule has 0 saturated heterocycles. The van der Waals surface area contributed by atoms with E-state index in [1.165, 1.54) is 5.56 Å². The molecule has 0 radical (unpaired) electrons. The van der Waals surface area contributed by atoms with Crippen LogP contribution in [0.2, 0.25) is 0 Å². The van der Waals surface area contributed by atoms with E-state index in [9.17, 15) is 0 Å². The number of hydrogen-bond donors (Lipinski definition) is 1. The monoisotopic (exact) mass is 354 g/mol. The molecule has 0 unspecified atom stereocenters. The van der Waals surface area contributed by atoms with Crippen LogP contribution < -0.4 is 5.32 Å². The Morgan fingerprint density at radius 1 is 0.960 bits per heavy atom. The molecule has 0 atom stereocenters. The minimum atomic E-state index is 0.510. The first kappa shape index (κ1) is 17.3. The van der Waals surface area contributed by atoms with Crippen LogP contribution in [0.4, 0.5) is 5.69 Å². The van der Waals surface area contributed by atoms with Gasteiger partial charge in [0.25, 0.3) is 0 Å². The standard InChI is InChI=1S/C20H22N2O2S/c1-15(2)16-7-9-17(10-8-16)21-20(25)22(13-18-5-3-11-23-18)14-19-6-4-12-24-19/h3-12,15H,13-14H2,1-2H3,(H,21,25). The van der Waals surface area contributed by atoms with Gasteiger partial charge in [0, 0.05) is 5.69 Å². The number of anilines is 1. The van der Waals surface area contributed by atoms with Crippen molar-refractivity contribution in [2.75, 3.05) is 5.32 Å². The first-order valence-electron chi connectivity index (χ1n) is 8.32. The van der Waals surface area contributed by atoms with Gasteiger partial charge in [0.2, 0.25) is 0 Å². The number of nitrogens with zero attached hydrogens (tertiary/aromatic N) is 1. The molecule has 25 heavy (non-hydrogen) atoms. The van der Waals surface area contributed by atoms with Gasteiger partial charge in [-0.15, -0.1) is 0 Å². The summed E-state index contributed by atoms with van der Waals surface area (Å²) in [4.78, 5) is 2.02. The molecule has 1 aromatic carbocycles. The predicted molar refractivity (Wildman–Crippen MR) is 103 cm³/mol. The highest BCUT2D eigenvalue weighted by Gasteiger charge is 2.14. The molecule has 0 fully saturated rings. The molecular formula is C20H22N2O2S. The molecule has 2 heterocycles.